The van der Waals surface area contributed by atoms with E-state index in [1.165, 1.54) is 27.4 Å². The van der Waals surface area contributed by atoms with Crippen molar-refractivity contribution in [1.82, 2.24) is 0 Å². The average molecular weight is 256 g/mol. The molecule has 0 radical (unpaired) electrons. The minimum Gasteiger partial charge on any atom is -0.456 e. The molecule has 4 aromatic rings. The summed E-state index contributed by atoms with van der Waals surface area (Å²) in [5.74, 6) is 0. The number of fused-ring (bicyclic) bond motifs is 3. The van der Waals surface area contributed by atoms with Crippen LogP contribution < -0.4 is 5.46 Å². The van der Waals surface area contributed by atoms with Crippen molar-refractivity contribution in [3.63, 3.8) is 0 Å². The van der Waals surface area contributed by atoms with Gasteiger partial charge in [-0.3, -0.25) is 0 Å². The molecule has 0 fully saturated rings. The van der Waals surface area contributed by atoms with Gasteiger partial charge in [0.15, 0.2) is 0 Å². The van der Waals surface area contributed by atoms with Gasteiger partial charge in [0, 0.05) is 10.8 Å². The highest BCUT2D eigenvalue weighted by atomic mass is 16.3. The van der Waals surface area contributed by atoms with E-state index in [-0.39, 0.29) is 0 Å². The van der Waals surface area contributed by atoms with E-state index in [4.69, 9.17) is 4.42 Å². The molecule has 4 rings (SSSR count). The fourth-order valence-corrected chi connectivity index (χ4v) is 2.79. The topological polar surface area (TPSA) is 13.1 Å². The molecule has 1 aromatic heterocycles. The predicted molar refractivity (Wildman–Crippen MR) is 87.3 cm³/mol. The molecule has 20 heavy (non-hydrogen) atoms. The summed E-state index contributed by atoms with van der Waals surface area (Å²) in [7, 11) is 2.09. The summed E-state index contributed by atoms with van der Waals surface area (Å²) >= 11 is 0. The number of hydrogen-bond donors (Lipinski definition) is 0. The third kappa shape index (κ3) is 1.65. The van der Waals surface area contributed by atoms with E-state index in [1.54, 1.807) is 0 Å². The number of benzene rings is 3. The van der Waals surface area contributed by atoms with Crippen molar-refractivity contribution >= 4 is 35.2 Å². The van der Waals surface area contributed by atoms with Crippen LogP contribution in [0.25, 0.3) is 33.1 Å². The highest BCUT2D eigenvalue weighted by molar-refractivity contribution is 6.33. The lowest BCUT2D eigenvalue weighted by molar-refractivity contribution is 0.669. The van der Waals surface area contributed by atoms with Crippen LogP contribution in [0.5, 0.6) is 0 Å². The molecule has 0 atom stereocenters. The zero-order chi connectivity index (χ0) is 13.5. The first-order chi connectivity index (χ1) is 9.83. The highest BCUT2D eigenvalue weighted by Gasteiger charge is 2.11. The molecule has 0 bridgehead atoms. The molecule has 2 heteroatoms. The normalized spacial score (nSPS) is 11.2. The van der Waals surface area contributed by atoms with Crippen LogP contribution in [0.3, 0.4) is 0 Å². The van der Waals surface area contributed by atoms with E-state index in [9.17, 15) is 0 Å². The molecule has 0 amide bonds. The van der Waals surface area contributed by atoms with Crippen LogP contribution in [0.4, 0.5) is 0 Å². The maximum Gasteiger partial charge on any atom is 0.139 e. The van der Waals surface area contributed by atoms with Gasteiger partial charge in [-0.2, -0.15) is 0 Å². The summed E-state index contributed by atoms with van der Waals surface area (Å²) in [6.45, 7) is 0. The number of hydrogen-bond acceptors (Lipinski definition) is 1. The Morgan fingerprint density at radius 2 is 1.60 bits per heavy atom. The van der Waals surface area contributed by atoms with Crippen molar-refractivity contribution in [3.8, 4) is 11.1 Å². The summed E-state index contributed by atoms with van der Waals surface area (Å²) < 4.78 is 6.00. The predicted octanol–water partition coefficient (Wildman–Crippen LogP) is 3.51. The van der Waals surface area contributed by atoms with Gasteiger partial charge in [-0.25, -0.2) is 0 Å². The molecule has 94 valence electrons. The van der Waals surface area contributed by atoms with E-state index in [0.717, 1.165) is 11.2 Å². The summed E-state index contributed by atoms with van der Waals surface area (Å²) in [5.41, 5.74) is 5.58. The maximum atomic E-state index is 6.00. The Morgan fingerprint density at radius 3 is 2.45 bits per heavy atom. The van der Waals surface area contributed by atoms with Gasteiger partial charge < -0.3 is 4.42 Å². The van der Waals surface area contributed by atoms with Gasteiger partial charge in [-0.15, -0.1) is 0 Å². The lowest BCUT2D eigenvalue weighted by atomic mass is 9.94. The van der Waals surface area contributed by atoms with Gasteiger partial charge in [0.2, 0.25) is 0 Å². The van der Waals surface area contributed by atoms with Crippen molar-refractivity contribution in [2.75, 3.05) is 0 Å². The first-order valence-electron chi connectivity index (χ1n) is 6.80. The van der Waals surface area contributed by atoms with Crippen LogP contribution in [0.2, 0.25) is 0 Å². The first-order valence-corrected chi connectivity index (χ1v) is 6.80. The van der Waals surface area contributed by atoms with Crippen LogP contribution in [0.1, 0.15) is 0 Å². The van der Waals surface area contributed by atoms with Gasteiger partial charge in [0.05, 0.1) is 0 Å². The Bertz CT molecular complexity index is 907. The van der Waals surface area contributed by atoms with Gasteiger partial charge in [-0.1, -0.05) is 60.1 Å². The number of furan rings is 1. The fraction of sp³-hybridized carbons (Fsp3) is 0. The molecule has 0 saturated carbocycles. The summed E-state index contributed by atoms with van der Waals surface area (Å²) in [4.78, 5) is 0. The van der Waals surface area contributed by atoms with Gasteiger partial charge in [0.25, 0.3) is 0 Å². The largest absolute Gasteiger partial charge is 0.456 e. The second kappa shape index (κ2) is 4.27. The van der Waals surface area contributed by atoms with E-state index < -0.39 is 0 Å². The van der Waals surface area contributed by atoms with Crippen molar-refractivity contribution in [3.05, 3.63) is 66.7 Å². The Morgan fingerprint density at radius 1 is 0.750 bits per heavy atom. The van der Waals surface area contributed by atoms with Crippen LogP contribution in [-0.2, 0) is 0 Å². The molecule has 3 aromatic carbocycles. The fourth-order valence-electron chi connectivity index (χ4n) is 2.79. The van der Waals surface area contributed by atoms with Crippen molar-refractivity contribution in [2.24, 2.45) is 0 Å². The summed E-state index contributed by atoms with van der Waals surface area (Å²) in [6, 6.07) is 23.1. The monoisotopic (exact) mass is 256 g/mol. The molecule has 1 nitrogen and oxygen atoms in total. The van der Waals surface area contributed by atoms with Crippen LogP contribution in [0.15, 0.2) is 71.1 Å². The van der Waals surface area contributed by atoms with Crippen molar-refractivity contribution in [1.29, 1.82) is 0 Å². The molecule has 0 unspecified atom stereocenters. The Balaban J connectivity index is 2.14. The maximum absolute atomic E-state index is 6.00. The zero-order valence-electron chi connectivity index (χ0n) is 11.3. The molecule has 0 N–H and O–H groups in total. The Labute approximate surface area is 118 Å². The van der Waals surface area contributed by atoms with Crippen LogP contribution in [-0.4, -0.2) is 7.85 Å². The van der Waals surface area contributed by atoms with Crippen LogP contribution in [0, 0.1) is 0 Å². The minimum absolute atomic E-state index is 0.951. The molecular formula is C18H13BO. The third-order valence-corrected chi connectivity index (χ3v) is 3.74. The third-order valence-electron chi connectivity index (χ3n) is 3.74. The quantitative estimate of drug-likeness (QED) is 0.475. The zero-order valence-corrected chi connectivity index (χ0v) is 11.3. The van der Waals surface area contributed by atoms with Crippen molar-refractivity contribution < 1.29 is 4.42 Å². The minimum atomic E-state index is 0.951. The average Bonchev–Trinajstić information content (AvgIpc) is 2.85. The molecular weight excluding hydrogens is 243 g/mol. The molecule has 0 spiro atoms. The van der Waals surface area contributed by atoms with Gasteiger partial charge in [0.1, 0.15) is 19.0 Å². The van der Waals surface area contributed by atoms with E-state index in [2.05, 4.69) is 62.4 Å². The SMILES string of the molecule is Bc1ccc2c(c1)oc1cccc(-c3ccccc3)c12. The summed E-state index contributed by atoms with van der Waals surface area (Å²) in [5, 5.41) is 2.39. The lowest BCUT2D eigenvalue weighted by Crippen LogP contribution is -1.98. The van der Waals surface area contributed by atoms with Gasteiger partial charge in [-0.05, 0) is 23.3 Å². The smallest absolute Gasteiger partial charge is 0.139 e. The lowest BCUT2D eigenvalue weighted by Gasteiger charge is -2.03. The molecule has 0 aliphatic rings. The molecule has 0 aliphatic carbocycles. The van der Waals surface area contributed by atoms with Crippen molar-refractivity contribution in [2.45, 2.75) is 0 Å². The van der Waals surface area contributed by atoms with E-state index >= 15 is 0 Å². The molecule has 1 heterocycles. The Kier molecular flexibility index (Phi) is 2.43. The first kappa shape index (κ1) is 11.4. The van der Waals surface area contributed by atoms with Gasteiger partial charge >= 0.3 is 0 Å². The Hall–Kier alpha value is -2.48. The van der Waals surface area contributed by atoms with E-state index in [1.807, 2.05) is 12.1 Å². The molecule has 0 saturated heterocycles. The van der Waals surface area contributed by atoms with E-state index in [0.29, 0.717) is 0 Å². The standard InChI is InChI=1S/C18H13BO/c19-13-9-10-15-17(11-13)20-16-8-4-7-14(18(15)16)12-5-2-1-3-6-12/h1-11H,19H2. The summed E-state index contributed by atoms with van der Waals surface area (Å²) in [6.07, 6.45) is 0. The molecule has 0 aliphatic heterocycles. The highest BCUT2D eigenvalue weighted by Crippen LogP contribution is 2.35. The van der Waals surface area contributed by atoms with Crippen LogP contribution >= 0.6 is 0 Å². The number of rotatable bonds is 1. The second-order valence-electron chi connectivity index (χ2n) is 5.15. The second-order valence-corrected chi connectivity index (χ2v) is 5.15.